The highest BCUT2D eigenvalue weighted by Gasteiger charge is 2.28. The number of benzene rings is 1. The Morgan fingerprint density at radius 2 is 1.77 bits per heavy atom. The summed E-state index contributed by atoms with van der Waals surface area (Å²) in [6, 6.07) is 5.75. The van der Waals surface area contributed by atoms with Crippen LogP contribution in [0.5, 0.6) is 17.2 Å². The number of ether oxygens (including phenoxy) is 3. The molecule has 4 N–H and O–H groups in total. The van der Waals surface area contributed by atoms with E-state index in [1.165, 1.54) is 0 Å². The fourth-order valence-electron chi connectivity index (χ4n) is 3.70. The number of nitrogens with one attached hydrogen (secondary N) is 1. The lowest BCUT2D eigenvalue weighted by atomic mass is 9.85. The molecular weight excluding hydrogens is 402 g/mol. The molecular formula is C21H21N5O5. The second-order valence-electron chi connectivity index (χ2n) is 6.46. The van der Waals surface area contributed by atoms with Crippen molar-refractivity contribution in [3.63, 3.8) is 0 Å². The lowest BCUT2D eigenvalue weighted by Crippen LogP contribution is -2.11. The van der Waals surface area contributed by atoms with Gasteiger partial charge in [-0.1, -0.05) is 0 Å². The molecule has 0 aliphatic heterocycles. The highest BCUT2D eigenvalue weighted by Crippen LogP contribution is 2.46. The molecule has 0 atom stereocenters. The Hall–Kier alpha value is -4.26. The van der Waals surface area contributed by atoms with Crippen LogP contribution in [0.1, 0.15) is 16.8 Å². The fourth-order valence-corrected chi connectivity index (χ4v) is 3.70. The van der Waals surface area contributed by atoms with Gasteiger partial charge in [-0.05, 0) is 24.5 Å². The summed E-state index contributed by atoms with van der Waals surface area (Å²) < 4.78 is 16.4. The van der Waals surface area contributed by atoms with Crippen LogP contribution in [0.3, 0.4) is 0 Å². The molecule has 0 fully saturated rings. The highest BCUT2D eigenvalue weighted by molar-refractivity contribution is 5.89. The van der Waals surface area contributed by atoms with E-state index >= 15 is 0 Å². The molecule has 0 radical (unpaired) electrons. The van der Waals surface area contributed by atoms with Gasteiger partial charge in [0.2, 0.25) is 0 Å². The van der Waals surface area contributed by atoms with Crippen LogP contribution in [-0.2, 0) is 17.6 Å². The fraction of sp³-hybridized carbons (Fsp3) is 0.238. The molecule has 0 spiro atoms. The first-order chi connectivity index (χ1) is 15.0. The van der Waals surface area contributed by atoms with Gasteiger partial charge in [-0.25, -0.2) is 4.98 Å². The number of fused-ring (bicyclic) bond motifs is 3. The zero-order valence-corrected chi connectivity index (χ0v) is 17.2. The monoisotopic (exact) mass is 423 g/mol. The third-order valence-corrected chi connectivity index (χ3v) is 5.01. The number of aromatic nitrogens is 3. The largest absolute Gasteiger partial charge is 0.496 e. The minimum atomic E-state index is -0.250. The maximum atomic E-state index is 9.82. The number of pyridine rings is 1. The topological polar surface area (TPSA) is 156 Å². The third kappa shape index (κ3) is 3.69. The normalized spacial score (nSPS) is 11.2. The van der Waals surface area contributed by atoms with E-state index in [2.05, 4.69) is 21.3 Å². The Labute approximate surface area is 178 Å². The van der Waals surface area contributed by atoms with Gasteiger partial charge >= 0.3 is 0 Å². The number of H-pyrrole nitrogens is 1. The lowest BCUT2D eigenvalue weighted by molar-refractivity contribution is -0.122. The maximum Gasteiger partial charge on any atom is 0.290 e. The van der Waals surface area contributed by atoms with Crippen LogP contribution in [0.4, 0.5) is 5.82 Å². The van der Waals surface area contributed by atoms with Crippen LogP contribution in [0.2, 0.25) is 0 Å². The van der Waals surface area contributed by atoms with Crippen LogP contribution < -0.4 is 19.9 Å². The summed E-state index contributed by atoms with van der Waals surface area (Å²) >= 11 is 0. The number of carbonyl (C=O) groups is 1. The van der Waals surface area contributed by atoms with Gasteiger partial charge in [0.1, 0.15) is 23.2 Å². The van der Waals surface area contributed by atoms with Crippen LogP contribution in [0, 0.1) is 11.3 Å². The number of aryl methyl sites for hydroxylation is 1. The molecule has 1 aromatic carbocycles. The number of aromatic amines is 1. The minimum Gasteiger partial charge on any atom is -0.496 e. The van der Waals surface area contributed by atoms with Crippen LogP contribution in [-0.4, -0.2) is 48.1 Å². The SMILES string of the molecule is COc1cc(OC)c(-c2c(C#N)c(N)nc3c2CCc2[nH]ncc2-3)cc1OC.O=CO. The summed E-state index contributed by atoms with van der Waals surface area (Å²) in [6.07, 6.45) is 3.20. The molecule has 2 aromatic heterocycles. The molecule has 160 valence electrons. The standard InChI is InChI=1S/C20H19N5O3.CH2O2/c1-26-15-7-17(28-3)16(27-2)6-11(15)18-10-4-5-14-13(9-23-25-14)19(10)24-20(22)12(18)8-21;2-1-3/h6-7,9H,4-5H2,1-3H3,(H2,22,24)(H,23,25);1H,(H,2,3). The van der Waals surface area contributed by atoms with Gasteiger partial charge in [0.15, 0.2) is 11.5 Å². The molecule has 1 aliphatic rings. The number of carboxylic acid groups (broad SMARTS) is 1. The molecule has 10 nitrogen and oxygen atoms in total. The average Bonchev–Trinajstić information content (AvgIpc) is 3.27. The molecule has 3 aromatic rings. The van der Waals surface area contributed by atoms with E-state index in [4.69, 9.17) is 29.8 Å². The van der Waals surface area contributed by atoms with Crippen LogP contribution >= 0.6 is 0 Å². The lowest BCUT2D eigenvalue weighted by Gasteiger charge is -2.22. The molecule has 2 heterocycles. The molecule has 10 heteroatoms. The van der Waals surface area contributed by atoms with Gasteiger partial charge < -0.3 is 25.1 Å². The van der Waals surface area contributed by atoms with E-state index < -0.39 is 0 Å². The molecule has 0 saturated heterocycles. The van der Waals surface area contributed by atoms with Gasteiger partial charge in [-0.3, -0.25) is 9.89 Å². The highest BCUT2D eigenvalue weighted by atomic mass is 16.5. The average molecular weight is 423 g/mol. The summed E-state index contributed by atoms with van der Waals surface area (Å²) in [5.74, 6) is 1.79. The van der Waals surface area contributed by atoms with Crippen molar-refractivity contribution in [2.45, 2.75) is 12.8 Å². The van der Waals surface area contributed by atoms with Crippen molar-refractivity contribution in [2.24, 2.45) is 0 Å². The Bertz CT molecular complexity index is 1170. The minimum absolute atomic E-state index is 0.169. The summed E-state index contributed by atoms with van der Waals surface area (Å²) in [7, 11) is 4.69. The van der Waals surface area contributed by atoms with E-state index in [1.807, 2.05) is 0 Å². The predicted octanol–water partition coefficient (Wildman–Crippen LogP) is 2.42. The van der Waals surface area contributed by atoms with E-state index in [9.17, 15) is 5.26 Å². The molecule has 0 saturated carbocycles. The van der Waals surface area contributed by atoms with Crippen molar-refractivity contribution in [2.75, 3.05) is 27.1 Å². The summed E-state index contributed by atoms with van der Waals surface area (Å²) in [6.45, 7) is -0.250. The number of hydrogen-bond donors (Lipinski definition) is 3. The predicted molar refractivity (Wildman–Crippen MR) is 112 cm³/mol. The van der Waals surface area contributed by atoms with Crippen molar-refractivity contribution in [1.82, 2.24) is 15.2 Å². The number of methoxy groups -OCH3 is 3. The number of rotatable bonds is 4. The summed E-state index contributed by atoms with van der Waals surface area (Å²) in [4.78, 5) is 12.9. The molecule has 31 heavy (non-hydrogen) atoms. The number of hydrogen-bond acceptors (Lipinski definition) is 8. The smallest absolute Gasteiger partial charge is 0.290 e. The maximum absolute atomic E-state index is 9.82. The Morgan fingerprint density at radius 1 is 1.13 bits per heavy atom. The Balaban J connectivity index is 0.000000858. The number of nitrogens with two attached hydrogens (primary N) is 1. The summed E-state index contributed by atoms with van der Waals surface area (Å²) in [5, 5.41) is 23.8. The molecule has 0 unspecified atom stereocenters. The second kappa shape index (κ2) is 9.04. The first-order valence-corrected chi connectivity index (χ1v) is 9.17. The van der Waals surface area contributed by atoms with E-state index in [-0.39, 0.29) is 12.3 Å². The van der Waals surface area contributed by atoms with Crippen LogP contribution in [0.15, 0.2) is 18.3 Å². The van der Waals surface area contributed by atoms with Gasteiger partial charge in [0, 0.05) is 28.5 Å². The van der Waals surface area contributed by atoms with Crippen molar-refractivity contribution < 1.29 is 24.1 Å². The first-order valence-electron chi connectivity index (χ1n) is 9.17. The quantitative estimate of drug-likeness (QED) is 0.536. The van der Waals surface area contributed by atoms with Crippen molar-refractivity contribution in [3.8, 4) is 45.7 Å². The van der Waals surface area contributed by atoms with Gasteiger partial charge in [0.25, 0.3) is 6.47 Å². The second-order valence-corrected chi connectivity index (χ2v) is 6.46. The molecule has 0 amide bonds. The third-order valence-electron chi connectivity index (χ3n) is 5.01. The van der Waals surface area contributed by atoms with Crippen LogP contribution in [0.25, 0.3) is 22.4 Å². The van der Waals surface area contributed by atoms with Gasteiger partial charge in [-0.15, -0.1) is 0 Å². The number of nitriles is 1. The molecule has 4 rings (SSSR count). The van der Waals surface area contributed by atoms with E-state index in [1.54, 1.807) is 39.7 Å². The summed E-state index contributed by atoms with van der Waals surface area (Å²) in [5.41, 5.74) is 11.5. The molecule has 0 bridgehead atoms. The van der Waals surface area contributed by atoms with Gasteiger partial charge in [0.05, 0.1) is 33.2 Å². The van der Waals surface area contributed by atoms with Crippen molar-refractivity contribution >= 4 is 12.3 Å². The van der Waals surface area contributed by atoms with E-state index in [0.717, 1.165) is 28.9 Å². The Morgan fingerprint density at radius 3 is 2.39 bits per heavy atom. The van der Waals surface area contributed by atoms with Gasteiger partial charge in [-0.2, -0.15) is 10.4 Å². The number of nitrogens with zero attached hydrogens (tertiary/aromatic N) is 3. The number of anilines is 1. The zero-order valence-electron chi connectivity index (χ0n) is 17.2. The first kappa shape index (κ1) is 21.4. The Kier molecular flexibility index (Phi) is 6.26. The van der Waals surface area contributed by atoms with E-state index in [0.29, 0.717) is 40.4 Å². The van der Waals surface area contributed by atoms with Crippen molar-refractivity contribution in [3.05, 3.63) is 35.2 Å². The number of nitrogen functional groups attached to an aromatic ring is 1. The van der Waals surface area contributed by atoms with Crippen molar-refractivity contribution in [1.29, 1.82) is 5.26 Å². The zero-order chi connectivity index (χ0) is 22.5. The molecule has 1 aliphatic carbocycles.